The van der Waals surface area contributed by atoms with Crippen molar-refractivity contribution in [1.82, 2.24) is 10.2 Å². The molecule has 0 radical (unpaired) electrons. The molecule has 2 amide bonds. The molecule has 2 N–H and O–H groups in total. The van der Waals surface area contributed by atoms with Crippen LogP contribution in [0.2, 0.25) is 0 Å². The van der Waals surface area contributed by atoms with Crippen LogP contribution in [0.5, 0.6) is 5.75 Å². The van der Waals surface area contributed by atoms with Gasteiger partial charge in [-0.05, 0) is 17.5 Å². The summed E-state index contributed by atoms with van der Waals surface area (Å²) in [4.78, 5) is 49.3. The summed E-state index contributed by atoms with van der Waals surface area (Å²) in [6.07, 6.45) is 1.65. The van der Waals surface area contributed by atoms with Gasteiger partial charge in [-0.1, -0.05) is 30.0 Å². The predicted molar refractivity (Wildman–Crippen MR) is 111 cm³/mol. The number of hydrogen-bond donors (Lipinski definition) is 2. The second-order valence-corrected chi connectivity index (χ2v) is 8.18. The third-order valence-electron chi connectivity index (χ3n) is 4.86. The van der Waals surface area contributed by atoms with Crippen molar-refractivity contribution in [3.05, 3.63) is 52.5 Å². The number of carboxylic acid groups (broad SMARTS) is 1. The second-order valence-electron chi connectivity index (χ2n) is 7.18. The molecule has 1 aromatic carbocycles. The van der Waals surface area contributed by atoms with Gasteiger partial charge in [0.05, 0.1) is 6.04 Å². The van der Waals surface area contributed by atoms with Crippen molar-refractivity contribution in [3.8, 4) is 5.75 Å². The maximum absolute atomic E-state index is 13.0. The van der Waals surface area contributed by atoms with Crippen molar-refractivity contribution < 1.29 is 33.8 Å². The maximum atomic E-state index is 13.0. The molecule has 31 heavy (non-hydrogen) atoms. The molecule has 1 fully saturated rings. The third kappa shape index (κ3) is 4.58. The van der Waals surface area contributed by atoms with Gasteiger partial charge in [-0.3, -0.25) is 14.4 Å². The topological polar surface area (TPSA) is 122 Å². The quantitative estimate of drug-likeness (QED) is 0.354. The smallest absolute Gasteiger partial charge is 0.353 e. The van der Waals surface area contributed by atoms with E-state index < -0.39 is 35.6 Å². The molecule has 0 aromatic heterocycles. The van der Waals surface area contributed by atoms with Crippen LogP contribution in [-0.2, 0) is 23.9 Å². The maximum Gasteiger partial charge on any atom is 0.353 e. The Kier molecular flexibility index (Phi) is 6.40. The predicted octanol–water partition coefficient (Wildman–Crippen LogP) is 2.21. The average molecular weight is 446 g/mol. The van der Waals surface area contributed by atoms with Crippen molar-refractivity contribution in [2.75, 3.05) is 0 Å². The molecule has 0 aliphatic carbocycles. The van der Waals surface area contributed by atoms with E-state index in [1.54, 1.807) is 30.3 Å². The van der Waals surface area contributed by atoms with Crippen LogP contribution in [0, 0.1) is 5.92 Å². The van der Waals surface area contributed by atoms with Crippen molar-refractivity contribution in [2.24, 2.45) is 5.92 Å². The summed E-state index contributed by atoms with van der Waals surface area (Å²) in [6, 6.07) is 8.09. The molecule has 3 rings (SSSR count). The number of ether oxygens (including phenoxy) is 2. The van der Waals surface area contributed by atoms with E-state index in [0.29, 0.717) is 10.7 Å². The number of carbonyl (C=O) groups is 4. The number of hydrogen-bond acceptors (Lipinski definition) is 7. The number of carboxylic acids is 1. The lowest BCUT2D eigenvalue weighted by atomic mass is 9.81. The molecule has 10 heteroatoms. The van der Waals surface area contributed by atoms with Gasteiger partial charge in [0.15, 0.2) is 0 Å². The van der Waals surface area contributed by atoms with Crippen molar-refractivity contribution in [1.29, 1.82) is 0 Å². The normalized spacial score (nSPS) is 21.9. The van der Waals surface area contributed by atoms with E-state index in [9.17, 15) is 24.3 Å². The first-order valence-corrected chi connectivity index (χ1v) is 10.3. The number of β-lactam (4-membered cyclic amide) rings is 1. The lowest BCUT2D eigenvalue weighted by Gasteiger charge is -2.49. The molecule has 2 aliphatic rings. The summed E-state index contributed by atoms with van der Waals surface area (Å²) in [5.41, 5.74) is -0.117. The lowest BCUT2D eigenvalue weighted by Crippen LogP contribution is -2.68. The highest BCUT2D eigenvalue weighted by atomic mass is 32.2. The second kappa shape index (κ2) is 8.84. The fourth-order valence-electron chi connectivity index (χ4n) is 3.77. The highest BCUT2D eigenvalue weighted by molar-refractivity contribution is 8.05. The molecular formula is C21H22N2O7S. The summed E-state index contributed by atoms with van der Waals surface area (Å²) >= 11 is 1.10. The van der Waals surface area contributed by atoms with E-state index in [0.717, 1.165) is 11.8 Å². The number of para-hydroxylation sites is 1. The van der Waals surface area contributed by atoms with E-state index in [1.165, 1.54) is 37.3 Å². The molecular weight excluding hydrogens is 424 g/mol. The molecule has 0 unspecified atom stereocenters. The molecule has 0 spiro atoms. The lowest BCUT2D eigenvalue weighted by molar-refractivity contribution is -0.231. The highest BCUT2D eigenvalue weighted by Crippen LogP contribution is 2.50. The van der Waals surface area contributed by atoms with Gasteiger partial charge in [0.25, 0.3) is 5.79 Å². The van der Waals surface area contributed by atoms with E-state index in [1.807, 2.05) is 0 Å². The van der Waals surface area contributed by atoms with Crippen LogP contribution in [0.15, 0.2) is 52.5 Å². The fourth-order valence-corrected chi connectivity index (χ4v) is 4.64. The van der Waals surface area contributed by atoms with Crippen LogP contribution in [0.1, 0.15) is 27.2 Å². The standard InChI is InChI=1S/C21H22N2O7S/c1-12(24)22-9-10-31-16-11-15-17(19(26)23(15)18(16)20(27)28)21(3,29-13(2)25)30-14-7-5-4-6-8-14/h4-10,15,17H,11H2,1-3H3,(H,22,24)(H,27,28)/t15-,17-,21-/m1/s1. The number of benzene rings is 1. The van der Waals surface area contributed by atoms with Crippen molar-refractivity contribution in [2.45, 2.75) is 39.0 Å². The number of carbonyl (C=O) groups excluding carboxylic acids is 3. The van der Waals surface area contributed by atoms with Crippen molar-refractivity contribution in [3.63, 3.8) is 0 Å². The first kappa shape index (κ1) is 22.4. The summed E-state index contributed by atoms with van der Waals surface area (Å²) < 4.78 is 11.4. The number of nitrogens with one attached hydrogen (secondary N) is 1. The summed E-state index contributed by atoms with van der Waals surface area (Å²) in [5.74, 6) is -4.70. The molecule has 164 valence electrons. The van der Waals surface area contributed by atoms with Gasteiger partial charge in [0, 0.05) is 38.3 Å². The number of thioether (sulfide) groups is 1. The minimum absolute atomic E-state index is 0.117. The third-order valence-corrected chi connectivity index (χ3v) is 5.78. The van der Waals surface area contributed by atoms with Crippen LogP contribution in [0.3, 0.4) is 0 Å². The van der Waals surface area contributed by atoms with Gasteiger partial charge in [-0.15, -0.1) is 0 Å². The summed E-state index contributed by atoms with van der Waals surface area (Å²) in [5, 5.41) is 13.7. The zero-order valence-electron chi connectivity index (χ0n) is 17.2. The van der Waals surface area contributed by atoms with E-state index in [4.69, 9.17) is 9.47 Å². The van der Waals surface area contributed by atoms with E-state index in [-0.39, 0.29) is 18.0 Å². The first-order valence-electron chi connectivity index (χ1n) is 9.46. The largest absolute Gasteiger partial charge is 0.477 e. The van der Waals surface area contributed by atoms with Gasteiger partial charge in [0.1, 0.15) is 17.4 Å². The summed E-state index contributed by atoms with van der Waals surface area (Å²) in [7, 11) is 0. The molecule has 0 saturated carbocycles. The Morgan fingerprint density at radius 1 is 1.26 bits per heavy atom. The van der Waals surface area contributed by atoms with E-state index in [2.05, 4.69) is 5.32 Å². The van der Waals surface area contributed by atoms with Gasteiger partial charge in [-0.25, -0.2) is 4.79 Å². The number of esters is 1. The number of nitrogens with zero attached hydrogens (tertiary/aromatic N) is 1. The minimum Gasteiger partial charge on any atom is -0.477 e. The molecule has 9 nitrogen and oxygen atoms in total. The number of aliphatic carboxylic acids is 1. The molecule has 1 saturated heterocycles. The van der Waals surface area contributed by atoms with Crippen LogP contribution in [0.4, 0.5) is 0 Å². The molecule has 1 aromatic rings. The van der Waals surface area contributed by atoms with Crippen LogP contribution >= 0.6 is 11.8 Å². The molecule has 3 atom stereocenters. The number of amides is 2. The number of rotatable bonds is 8. The zero-order chi connectivity index (χ0) is 22.8. The fraction of sp³-hybridized carbons (Fsp3) is 0.333. The first-order chi connectivity index (χ1) is 14.6. The Morgan fingerprint density at radius 2 is 1.94 bits per heavy atom. The molecule has 2 aliphatic heterocycles. The van der Waals surface area contributed by atoms with Gasteiger partial charge >= 0.3 is 11.9 Å². The molecule has 0 bridgehead atoms. The SMILES string of the molecule is CC(=O)NC=CSC1=C(C(=O)O)N2C(=O)[C@H]([C@](C)(OC(C)=O)Oc3ccccc3)[C@H]2C1. The Bertz CT molecular complexity index is 975. The monoisotopic (exact) mass is 446 g/mol. The highest BCUT2D eigenvalue weighted by Gasteiger charge is 2.64. The average Bonchev–Trinajstić information content (AvgIpc) is 2.99. The van der Waals surface area contributed by atoms with Crippen LogP contribution in [0.25, 0.3) is 0 Å². The van der Waals surface area contributed by atoms with Gasteiger partial charge in [-0.2, -0.15) is 0 Å². The minimum atomic E-state index is -1.61. The Hall–Kier alpha value is -3.27. The Morgan fingerprint density at radius 3 is 2.52 bits per heavy atom. The Balaban J connectivity index is 1.85. The van der Waals surface area contributed by atoms with Crippen LogP contribution in [-0.4, -0.2) is 45.6 Å². The number of fused-ring (bicyclic) bond motifs is 1. The van der Waals surface area contributed by atoms with E-state index >= 15 is 0 Å². The summed E-state index contributed by atoms with van der Waals surface area (Å²) in [6.45, 7) is 4.07. The zero-order valence-corrected chi connectivity index (χ0v) is 18.0. The molecule has 2 heterocycles. The van der Waals surface area contributed by atoms with Gasteiger partial charge < -0.3 is 24.8 Å². The van der Waals surface area contributed by atoms with Gasteiger partial charge in [0.2, 0.25) is 11.8 Å². The van der Waals surface area contributed by atoms with Crippen molar-refractivity contribution >= 4 is 35.5 Å². The Labute approximate surface area is 183 Å². The van der Waals surface area contributed by atoms with Crippen LogP contribution < -0.4 is 10.1 Å².